The van der Waals surface area contributed by atoms with E-state index >= 15 is 0 Å². The van der Waals surface area contributed by atoms with Gasteiger partial charge < -0.3 is 4.74 Å². The van der Waals surface area contributed by atoms with Crippen molar-refractivity contribution in [2.75, 3.05) is 6.61 Å². The van der Waals surface area contributed by atoms with Crippen molar-refractivity contribution in [3.05, 3.63) is 0 Å². The van der Waals surface area contributed by atoms with Crippen molar-refractivity contribution in [1.82, 2.24) is 0 Å². The number of esters is 1. The van der Waals surface area contributed by atoms with Crippen LogP contribution in [0.15, 0.2) is 0 Å². The first-order valence-electron chi connectivity index (χ1n) is 4.63. The third kappa shape index (κ3) is 3.15. The van der Waals surface area contributed by atoms with Crippen LogP contribution in [0.4, 0.5) is 48.3 Å². The summed E-state index contributed by atoms with van der Waals surface area (Å²) in [5, 5.41) is 0. The molecule has 0 atom stereocenters. The molecule has 0 aliphatic rings. The van der Waals surface area contributed by atoms with Gasteiger partial charge in [0.25, 0.3) is 0 Å². The molecule has 0 aromatic carbocycles. The van der Waals surface area contributed by atoms with Crippen LogP contribution in [0, 0.1) is 0 Å². The average Bonchev–Trinajstić information content (AvgIpc) is 2.24. The van der Waals surface area contributed by atoms with Gasteiger partial charge in [-0.15, -0.1) is 0 Å². The SMILES string of the molecule is CC(=O)OCC(F)(F)C(F)(F)C(F)(F)C(F)(F)C(F)(F)F. The van der Waals surface area contributed by atoms with E-state index in [1.54, 1.807) is 0 Å². The van der Waals surface area contributed by atoms with Crippen LogP contribution in [-0.2, 0) is 9.53 Å². The summed E-state index contributed by atoms with van der Waals surface area (Å²) in [6, 6.07) is 0. The van der Waals surface area contributed by atoms with Crippen molar-refractivity contribution in [1.29, 1.82) is 0 Å². The number of carbonyl (C=O) groups is 1. The van der Waals surface area contributed by atoms with Crippen molar-refractivity contribution >= 4 is 5.97 Å². The highest BCUT2D eigenvalue weighted by atomic mass is 19.4. The van der Waals surface area contributed by atoms with E-state index in [9.17, 15) is 53.1 Å². The van der Waals surface area contributed by atoms with Crippen molar-refractivity contribution in [3.63, 3.8) is 0 Å². The van der Waals surface area contributed by atoms with Crippen LogP contribution in [0.2, 0.25) is 0 Å². The van der Waals surface area contributed by atoms with Gasteiger partial charge in [-0.1, -0.05) is 0 Å². The van der Waals surface area contributed by atoms with Gasteiger partial charge in [-0.3, -0.25) is 4.79 Å². The molecule has 0 aromatic rings. The molecule has 0 radical (unpaired) electrons. The highest BCUT2D eigenvalue weighted by Crippen LogP contribution is 2.57. The number of halogens is 11. The predicted molar refractivity (Wildman–Crippen MR) is 42.5 cm³/mol. The summed E-state index contributed by atoms with van der Waals surface area (Å²) >= 11 is 0. The molecule has 0 amide bonds. The number of carbonyl (C=O) groups excluding carboxylic acids is 1. The quantitative estimate of drug-likeness (QED) is 0.563. The van der Waals surface area contributed by atoms with E-state index in [1.807, 2.05) is 0 Å². The largest absolute Gasteiger partial charge is 0.460 e. The van der Waals surface area contributed by atoms with Crippen molar-refractivity contribution in [2.45, 2.75) is 36.8 Å². The minimum atomic E-state index is -7.48. The van der Waals surface area contributed by atoms with E-state index in [1.165, 1.54) is 0 Å². The van der Waals surface area contributed by atoms with Crippen molar-refractivity contribution < 1.29 is 57.8 Å². The van der Waals surface area contributed by atoms with E-state index in [0.717, 1.165) is 0 Å². The zero-order valence-electron chi connectivity index (χ0n) is 9.68. The molecule has 0 saturated carbocycles. The van der Waals surface area contributed by atoms with E-state index in [4.69, 9.17) is 0 Å². The van der Waals surface area contributed by atoms with Gasteiger partial charge in [0.05, 0.1) is 0 Å². The fraction of sp³-hybridized carbons (Fsp3) is 0.875. The van der Waals surface area contributed by atoms with Crippen LogP contribution in [-0.4, -0.2) is 42.4 Å². The highest BCUT2D eigenvalue weighted by molar-refractivity contribution is 5.65. The Morgan fingerprint density at radius 1 is 0.762 bits per heavy atom. The van der Waals surface area contributed by atoms with E-state index in [0.29, 0.717) is 6.92 Å². The monoisotopic (exact) mass is 342 g/mol. The van der Waals surface area contributed by atoms with Crippen LogP contribution in [0.25, 0.3) is 0 Å². The van der Waals surface area contributed by atoms with Crippen LogP contribution in [0.5, 0.6) is 0 Å². The predicted octanol–water partition coefficient (Wildman–Crippen LogP) is 3.65. The lowest BCUT2D eigenvalue weighted by Crippen LogP contribution is -2.67. The summed E-state index contributed by atoms with van der Waals surface area (Å²) in [6.45, 7) is -2.42. The van der Waals surface area contributed by atoms with Gasteiger partial charge in [0.1, 0.15) is 0 Å². The van der Waals surface area contributed by atoms with Crippen LogP contribution >= 0.6 is 0 Å². The van der Waals surface area contributed by atoms with Gasteiger partial charge >= 0.3 is 35.8 Å². The molecular formula is C8H5F11O2. The number of alkyl halides is 11. The van der Waals surface area contributed by atoms with E-state index in [2.05, 4.69) is 4.74 Å². The molecule has 0 saturated heterocycles. The molecule has 0 aliphatic heterocycles. The van der Waals surface area contributed by atoms with Crippen LogP contribution in [0.3, 0.4) is 0 Å². The topological polar surface area (TPSA) is 26.3 Å². The standard InChI is InChI=1S/C8H5F11O2/c1-3(20)21-2-4(9,10)5(11,12)6(13,14)7(15,16)8(17,18)19/h2H2,1H3. The molecule has 0 aromatic heterocycles. The maximum absolute atomic E-state index is 12.8. The van der Waals surface area contributed by atoms with E-state index < -0.39 is 42.4 Å². The Morgan fingerprint density at radius 3 is 1.43 bits per heavy atom. The fourth-order valence-corrected chi connectivity index (χ4v) is 0.888. The molecule has 0 spiro atoms. The second-order valence-corrected chi connectivity index (χ2v) is 3.71. The molecule has 0 fully saturated rings. The zero-order valence-corrected chi connectivity index (χ0v) is 9.68. The fourth-order valence-electron chi connectivity index (χ4n) is 0.888. The normalized spacial score (nSPS) is 15.0. The van der Waals surface area contributed by atoms with Crippen LogP contribution < -0.4 is 0 Å². The smallest absolute Gasteiger partial charge is 0.459 e. The van der Waals surface area contributed by atoms with Gasteiger partial charge in [-0.25, -0.2) is 0 Å². The third-order valence-corrected chi connectivity index (χ3v) is 2.06. The number of hydrogen-bond donors (Lipinski definition) is 0. The number of rotatable bonds is 5. The van der Waals surface area contributed by atoms with Crippen molar-refractivity contribution in [3.8, 4) is 0 Å². The first kappa shape index (κ1) is 19.7. The summed E-state index contributed by atoms with van der Waals surface area (Å²) in [5.41, 5.74) is 0. The lowest BCUT2D eigenvalue weighted by Gasteiger charge is -2.36. The molecule has 13 heteroatoms. The minimum Gasteiger partial charge on any atom is -0.459 e. The molecule has 0 heterocycles. The van der Waals surface area contributed by atoms with Gasteiger partial charge in [-0.2, -0.15) is 48.3 Å². The summed E-state index contributed by atoms with van der Waals surface area (Å²) in [4.78, 5) is 10.1. The zero-order chi connectivity index (χ0) is 17.5. The molecule has 0 bridgehead atoms. The molecule has 0 N–H and O–H groups in total. The Labute approximate surface area is 108 Å². The summed E-state index contributed by atoms with van der Waals surface area (Å²) < 4.78 is 139. The number of hydrogen-bond acceptors (Lipinski definition) is 2. The average molecular weight is 342 g/mol. The Hall–Kier alpha value is -1.30. The molecule has 0 aliphatic carbocycles. The number of ether oxygens (including phenoxy) is 1. The molecular weight excluding hydrogens is 337 g/mol. The molecule has 2 nitrogen and oxygen atoms in total. The van der Waals surface area contributed by atoms with Gasteiger partial charge in [-0.05, 0) is 0 Å². The maximum Gasteiger partial charge on any atom is 0.460 e. The van der Waals surface area contributed by atoms with E-state index in [-0.39, 0.29) is 0 Å². The molecule has 0 unspecified atom stereocenters. The molecule has 21 heavy (non-hydrogen) atoms. The molecule has 126 valence electrons. The second-order valence-electron chi connectivity index (χ2n) is 3.71. The second kappa shape index (κ2) is 5.16. The Bertz CT molecular complexity index is 398. The lowest BCUT2D eigenvalue weighted by atomic mass is 9.98. The first-order valence-corrected chi connectivity index (χ1v) is 4.63. The summed E-state index contributed by atoms with van der Waals surface area (Å²) in [5.74, 6) is -29.9. The molecule has 0 rings (SSSR count). The first-order chi connectivity index (χ1) is 8.92. The minimum absolute atomic E-state index is 0.386. The van der Waals surface area contributed by atoms with Crippen LogP contribution in [0.1, 0.15) is 6.92 Å². The summed E-state index contributed by atoms with van der Waals surface area (Å²) in [6.07, 6.45) is -7.21. The van der Waals surface area contributed by atoms with Crippen molar-refractivity contribution in [2.24, 2.45) is 0 Å². The third-order valence-electron chi connectivity index (χ3n) is 2.06. The van der Waals surface area contributed by atoms with Gasteiger partial charge in [0.2, 0.25) is 0 Å². The Balaban J connectivity index is 5.71. The van der Waals surface area contributed by atoms with Gasteiger partial charge in [0.15, 0.2) is 6.61 Å². The lowest BCUT2D eigenvalue weighted by molar-refractivity contribution is -0.423. The Morgan fingerprint density at radius 2 is 1.14 bits per heavy atom. The maximum atomic E-state index is 12.8. The highest BCUT2D eigenvalue weighted by Gasteiger charge is 2.87. The Kier molecular flexibility index (Phi) is 4.84. The van der Waals surface area contributed by atoms with Gasteiger partial charge in [0, 0.05) is 6.92 Å². The summed E-state index contributed by atoms with van der Waals surface area (Å²) in [7, 11) is 0.